The highest BCUT2D eigenvalue weighted by Gasteiger charge is 2.25. The predicted octanol–water partition coefficient (Wildman–Crippen LogP) is 5.04. The Morgan fingerprint density at radius 1 is 1.40 bits per heavy atom. The third-order valence-corrected chi connectivity index (χ3v) is 6.53. The Labute approximate surface area is 134 Å². The Bertz CT molecular complexity index is 639. The summed E-state index contributed by atoms with van der Waals surface area (Å²) in [6.07, 6.45) is 0. The Balaban J connectivity index is 2.65. The van der Waals surface area contributed by atoms with Crippen LogP contribution < -0.4 is 5.73 Å². The number of anilines is 1. The number of ether oxygens (including phenoxy) is 1. The molecule has 3 nitrogen and oxygen atoms in total. The first kappa shape index (κ1) is 15.5. The van der Waals surface area contributed by atoms with Crippen molar-refractivity contribution in [2.75, 3.05) is 12.8 Å². The molecule has 0 unspecified atom stereocenters. The molecule has 0 amide bonds. The molecule has 0 aliphatic rings. The molecule has 0 radical (unpaired) electrons. The van der Waals surface area contributed by atoms with E-state index in [1.54, 1.807) is 11.3 Å². The molecular formula is C14H16BrNO2S2. The van der Waals surface area contributed by atoms with Crippen LogP contribution in [-0.4, -0.2) is 13.1 Å². The van der Waals surface area contributed by atoms with Crippen molar-refractivity contribution in [1.29, 1.82) is 0 Å². The molecule has 0 bridgehead atoms. The molecule has 0 atom stereocenters. The van der Waals surface area contributed by atoms with E-state index in [0.29, 0.717) is 10.6 Å². The molecule has 2 heterocycles. The number of hydrogen-bond acceptors (Lipinski definition) is 5. The summed E-state index contributed by atoms with van der Waals surface area (Å²) in [6, 6.07) is 2.12. The van der Waals surface area contributed by atoms with E-state index in [2.05, 4.69) is 42.8 Å². The van der Waals surface area contributed by atoms with E-state index in [-0.39, 0.29) is 11.9 Å². The van der Waals surface area contributed by atoms with Gasteiger partial charge in [-0.05, 0) is 46.0 Å². The van der Waals surface area contributed by atoms with E-state index in [4.69, 9.17) is 10.5 Å². The molecular weight excluding hydrogens is 358 g/mol. The van der Waals surface area contributed by atoms with E-state index >= 15 is 0 Å². The van der Waals surface area contributed by atoms with E-state index in [0.717, 1.165) is 19.1 Å². The van der Waals surface area contributed by atoms with Crippen LogP contribution in [-0.2, 0) is 4.74 Å². The summed E-state index contributed by atoms with van der Waals surface area (Å²) in [5, 5.41) is 0. The van der Waals surface area contributed by atoms with Gasteiger partial charge in [0.05, 0.1) is 21.5 Å². The van der Waals surface area contributed by atoms with E-state index < -0.39 is 0 Å². The minimum atomic E-state index is -0.368. The second kappa shape index (κ2) is 5.87. The van der Waals surface area contributed by atoms with Crippen LogP contribution in [0.2, 0.25) is 0 Å². The summed E-state index contributed by atoms with van der Waals surface area (Å²) in [7, 11) is 1.38. The third kappa shape index (κ3) is 2.64. The maximum Gasteiger partial charge on any atom is 0.350 e. The Kier molecular flexibility index (Phi) is 4.56. The van der Waals surface area contributed by atoms with Crippen molar-refractivity contribution in [1.82, 2.24) is 0 Å². The van der Waals surface area contributed by atoms with Crippen molar-refractivity contribution >= 4 is 50.3 Å². The van der Waals surface area contributed by atoms with Gasteiger partial charge in [-0.3, -0.25) is 0 Å². The van der Waals surface area contributed by atoms with E-state index in [9.17, 15) is 4.79 Å². The minimum Gasteiger partial charge on any atom is -0.465 e. The maximum atomic E-state index is 11.8. The van der Waals surface area contributed by atoms with Gasteiger partial charge in [0, 0.05) is 4.88 Å². The largest absolute Gasteiger partial charge is 0.465 e. The second-order valence-corrected chi connectivity index (χ2v) is 8.19. The fraction of sp³-hybridized carbons (Fsp3) is 0.357. The number of hydrogen-bond donors (Lipinski definition) is 1. The molecule has 6 heteroatoms. The second-order valence-electron chi connectivity index (χ2n) is 4.80. The SMILES string of the molecule is COC(=O)c1sc(-c2cc(C)c(Br)s2)c(C(C)C)c1N. The summed E-state index contributed by atoms with van der Waals surface area (Å²) in [6.45, 7) is 6.22. The summed E-state index contributed by atoms with van der Waals surface area (Å²) >= 11 is 6.62. The molecule has 0 saturated carbocycles. The summed E-state index contributed by atoms with van der Waals surface area (Å²) < 4.78 is 5.92. The van der Waals surface area contributed by atoms with E-state index in [1.807, 2.05) is 0 Å². The number of methoxy groups -OCH3 is 1. The predicted molar refractivity (Wildman–Crippen MR) is 89.9 cm³/mol. The highest BCUT2D eigenvalue weighted by atomic mass is 79.9. The van der Waals surface area contributed by atoms with Crippen molar-refractivity contribution in [3.05, 3.63) is 25.9 Å². The lowest BCUT2D eigenvalue weighted by Gasteiger charge is -2.07. The van der Waals surface area contributed by atoms with Crippen molar-refractivity contribution in [3.8, 4) is 9.75 Å². The molecule has 108 valence electrons. The number of carbonyl (C=O) groups excluding carboxylic acids is 1. The van der Waals surface area contributed by atoms with Crippen LogP contribution in [0.4, 0.5) is 5.69 Å². The van der Waals surface area contributed by atoms with Gasteiger partial charge in [-0.2, -0.15) is 0 Å². The van der Waals surface area contributed by atoms with Crippen molar-refractivity contribution < 1.29 is 9.53 Å². The standard InChI is InChI=1S/C14H16BrNO2S2/c1-6(2)9-10(16)12(14(17)18-4)20-11(9)8-5-7(3)13(15)19-8/h5-6H,16H2,1-4H3. The van der Waals surface area contributed by atoms with Crippen LogP contribution in [0.25, 0.3) is 9.75 Å². The van der Waals surface area contributed by atoms with Crippen LogP contribution in [0.15, 0.2) is 9.85 Å². The molecule has 2 N–H and O–H groups in total. The summed E-state index contributed by atoms with van der Waals surface area (Å²) in [5.74, 6) is -0.117. The number of thiophene rings is 2. The number of rotatable bonds is 3. The summed E-state index contributed by atoms with van der Waals surface area (Å²) in [4.78, 5) is 14.5. The molecule has 2 aromatic rings. The fourth-order valence-electron chi connectivity index (χ4n) is 2.03. The number of carbonyl (C=O) groups is 1. The van der Waals surface area contributed by atoms with Crippen LogP contribution in [0, 0.1) is 6.92 Å². The van der Waals surface area contributed by atoms with Crippen LogP contribution >= 0.6 is 38.6 Å². The highest BCUT2D eigenvalue weighted by Crippen LogP contribution is 2.46. The minimum absolute atomic E-state index is 0.251. The van der Waals surface area contributed by atoms with Crippen LogP contribution in [0.5, 0.6) is 0 Å². The number of nitrogen functional groups attached to an aromatic ring is 1. The zero-order valence-corrected chi connectivity index (χ0v) is 15.0. The normalized spacial score (nSPS) is 11.1. The molecule has 0 saturated heterocycles. The van der Waals surface area contributed by atoms with E-state index in [1.165, 1.54) is 24.0 Å². The van der Waals surface area contributed by atoms with Gasteiger partial charge in [-0.15, -0.1) is 22.7 Å². The molecule has 20 heavy (non-hydrogen) atoms. The van der Waals surface area contributed by atoms with Gasteiger partial charge in [-0.25, -0.2) is 4.79 Å². The van der Waals surface area contributed by atoms with Gasteiger partial charge in [0.2, 0.25) is 0 Å². The lowest BCUT2D eigenvalue weighted by atomic mass is 10.0. The number of halogens is 1. The average Bonchev–Trinajstić information content (AvgIpc) is 2.90. The monoisotopic (exact) mass is 373 g/mol. The lowest BCUT2D eigenvalue weighted by molar-refractivity contribution is 0.0607. The molecule has 2 aromatic heterocycles. The first-order valence-electron chi connectivity index (χ1n) is 6.13. The fourth-order valence-corrected chi connectivity index (χ4v) is 4.97. The number of aryl methyl sites for hydroxylation is 1. The first-order chi connectivity index (χ1) is 9.36. The maximum absolute atomic E-state index is 11.8. The number of esters is 1. The quantitative estimate of drug-likeness (QED) is 0.766. The average molecular weight is 374 g/mol. The first-order valence-corrected chi connectivity index (χ1v) is 8.56. The van der Waals surface area contributed by atoms with Crippen molar-refractivity contribution in [2.45, 2.75) is 26.7 Å². The molecule has 0 aliphatic carbocycles. The van der Waals surface area contributed by atoms with Crippen molar-refractivity contribution in [2.24, 2.45) is 0 Å². The zero-order chi connectivity index (χ0) is 15.0. The van der Waals surface area contributed by atoms with Crippen LogP contribution in [0.1, 0.15) is 40.6 Å². The smallest absolute Gasteiger partial charge is 0.350 e. The Hall–Kier alpha value is -0.850. The number of nitrogens with two attached hydrogens (primary N) is 1. The van der Waals surface area contributed by atoms with Crippen molar-refractivity contribution in [3.63, 3.8) is 0 Å². The molecule has 2 rings (SSSR count). The Morgan fingerprint density at radius 2 is 2.05 bits per heavy atom. The zero-order valence-electron chi connectivity index (χ0n) is 11.7. The highest BCUT2D eigenvalue weighted by molar-refractivity contribution is 9.11. The topological polar surface area (TPSA) is 52.3 Å². The molecule has 0 aromatic carbocycles. The van der Waals surface area contributed by atoms with Gasteiger partial charge in [0.15, 0.2) is 0 Å². The third-order valence-electron chi connectivity index (χ3n) is 3.01. The van der Waals surface area contributed by atoms with Gasteiger partial charge >= 0.3 is 5.97 Å². The van der Waals surface area contributed by atoms with Crippen LogP contribution in [0.3, 0.4) is 0 Å². The summed E-state index contributed by atoms with van der Waals surface area (Å²) in [5.41, 5.74) is 8.93. The Morgan fingerprint density at radius 3 is 2.50 bits per heavy atom. The lowest BCUT2D eigenvalue weighted by Crippen LogP contribution is -2.03. The van der Waals surface area contributed by atoms with Gasteiger partial charge in [-0.1, -0.05) is 13.8 Å². The molecule has 0 spiro atoms. The van der Waals surface area contributed by atoms with Gasteiger partial charge in [0.1, 0.15) is 4.88 Å². The van der Waals surface area contributed by atoms with Gasteiger partial charge < -0.3 is 10.5 Å². The molecule has 0 aliphatic heterocycles. The molecule has 0 fully saturated rings. The van der Waals surface area contributed by atoms with Gasteiger partial charge in [0.25, 0.3) is 0 Å².